The molecule has 0 saturated carbocycles. The molecule has 0 atom stereocenters. The van der Waals surface area contributed by atoms with Crippen LogP contribution in [-0.2, 0) is 19.2 Å². The molecule has 0 aromatic rings. The van der Waals surface area contributed by atoms with Crippen molar-refractivity contribution in [3.63, 3.8) is 0 Å². The summed E-state index contributed by atoms with van der Waals surface area (Å²) in [5.74, 6) is -1.16. The summed E-state index contributed by atoms with van der Waals surface area (Å²) >= 11 is 0. The molecule has 0 spiro atoms. The average Bonchev–Trinajstić information content (AvgIpc) is 2.54. The van der Waals surface area contributed by atoms with Gasteiger partial charge in [0.15, 0.2) is 0 Å². The second-order valence-corrected chi connectivity index (χ2v) is 5.46. The first kappa shape index (κ1) is 21.9. The second-order valence-electron chi connectivity index (χ2n) is 5.46. The van der Waals surface area contributed by atoms with Gasteiger partial charge in [0, 0.05) is 26.2 Å². The topological polar surface area (TPSA) is 116 Å². The van der Waals surface area contributed by atoms with Crippen molar-refractivity contribution < 1.29 is 19.2 Å². The standard InChI is InChI=1S/C16H30N4O4/c1-3-7-17-13(21)11-15(23)19-9-5-6-10-20-16(24)12-14(22)18-8-4-2/h3-12H2,1-2H3,(H,17,21)(H,18,22)(H,19,23)(H,20,24). The van der Waals surface area contributed by atoms with Crippen LogP contribution in [0.15, 0.2) is 0 Å². The van der Waals surface area contributed by atoms with Crippen LogP contribution in [0.2, 0.25) is 0 Å². The van der Waals surface area contributed by atoms with E-state index >= 15 is 0 Å². The molecule has 8 nitrogen and oxygen atoms in total. The molecular weight excluding hydrogens is 312 g/mol. The molecular formula is C16H30N4O4. The van der Waals surface area contributed by atoms with Gasteiger partial charge in [-0.3, -0.25) is 19.2 Å². The molecule has 0 radical (unpaired) electrons. The van der Waals surface area contributed by atoms with Gasteiger partial charge in [-0.15, -0.1) is 0 Å². The van der Waals surface area contributed by atoms with Gasteiger partial charge in [-0.2, -0.15) is 0 Å². The predicted molar refractivity (Wildman–Crippen MR) is 91.1 cm³/mol. The fraction of sp³-hybridized carbons (Fsp3) is 0.750. The van der Waals surface area contributed by atoms with Crippen molar-refractivity contribution in [2.75, 3.05) is 26.2 Å². The Kier molecular flexibility index (Phi) is 13.2. The van der Waals surface area contributed by atoms with Crippen LogP contribution in [0.5, 0.6) is 0 Å². The van der Waals surface area contributed by atoms with Crippen molar-refractivity contribution in [1.29, 1.82) is 0 Å². The summed E-state index contributed by atoms with van der Waals surface area (Å²) in [6.45, 7) is 5.93. The molecule has 138 valence electrons. The van der Waals surface area contributed by atoms with Crippen LogP contribution in [0.25, 0.3) is 0 Å². The van der Waals surface area contributed by atoms with Crippen molar-refractivity contribution in [3.8, 4) is 0 Å². The quantitative estimate of drug-likeness (QED) is 0.275. The van der Waals surface area contributed by atoms with E-state index in [1.807, 2.05) is 13.8 Å². The van der Waals surface area contributed by atoms with E-state index in [0.717, 1.165) is 12.8 Å². The smallest absolute Gasteiger partial charge is 0.229 e. The lowest BCUT2D eigenvalue weighted by molar-refractivity contribution is -0.131. The molecule has 0 rings (SSSR count). The minimum Gasteiger partial charge on any atom is -0.356 e. The molecule has 4 amide bonds. The third kappa shape index (κ3) is 13.5. The van der Waals surface area contributed by atoms with E-state index < -0.39 is 0 Å². The molecule has 0 fully saturated rings. The van der Waals surface area contributed by atoms with Gasteiger partial charge in [0.25, 0.3) is 0 Å². The second kappa shape index (κ2) is 14.5. The van der Waals surface area contributed by atoms with E-state index in [1.165, 1.54) is 0 Å². The van der Waals surface area contributed by atoms with Crippen LogP contribution in [0.3, 0.4) is 0 Å². The highest BCUT2D eigenvalue weighted by atomic mass is 16.2. The Hall–Kier alpha value is -2.12. The lowest BCUT2D eigenvalue weighted by Gasteiger charge is -2.07. The van der Waals surface area contributed by atoms with Crippen molar-refractivity contribution in [3.05, 3.63) is 0 Å². The van der Waals surface area contributed by atoms with Gasteiger partial charge in [0.1, 0.15) is 12.8 Å². The molecule has 0 aliphatic carbocycles. The number of rotatable bonds is 13. The van der Waals surface area contributed by atoms with E-state index in [1.54, 1.807) is 0 Å². The van der Waals surface area contributed by atoms with Crippen molar-refractivity contribution in [2.24, 2.45) is 0 Å². The van der Waals surface area contributed by atoms with Crippen LogP contribution in [-0.4, -0.2) is 49.8 Å². The van der Waals surface area contributed by atoms with Gasteiger partial charge in [0.05, 0.1) is 0 Å². The fourth-order valence-corrected chi connectivity index (χ4v) is 1.78. The van der Waals surface area contributed by atoms with Crippen molar-refractivity contribution in [2.45, 2.75) is 52.4 Å². The summed E-state index contributed by atoms with van der Waals surface area (Å²) in [6, 6.07) is 0. The lowest BCUT2D eigenvalue weighted by atomic mass is 10.3. The van der Waals surface area contributed by atoms with Gasteiger partial charge in [0.2, 0.25) is 23.6 Å². The molecule has 0 aliphatic rings. The summed E-state index contributed by atoms with van der Waals surface area (Å²) in [4.78, 5) is 45.6. The number of hydrogen-bond acceptors (Lipinski definition) is 4. The van der Waals surface area contributed by atoms with Gasteiger partial charge >= 0.3 is 0 Å². The van der Waals surface area contributed by atoms with E-state index in [-0.39, 0.29) is 36.5 Å². The van der Waals surface area contributed by atoms with Gasteiger partial charge < -0.3 is 21.3 Å². The van der Waals surface area contributed by atoms with E-state index in [4.69, 9.17) is 0 Å². The third-order valence-corrected chi connectivity index (χ3v) is 3.03. The normalized spacial score (nSPS) is 9.92. The number of carbonyl (C=O) groups is 4. The molecule has 0 unspecified atom stereocenters. The SMILES string of the molecule is CCCNC(=O)CC(=O)NCCCCNC(=O)CC(=O)NCCC. The summed E-state index contributed by atoms with van der Waals surface area (Å²) in [5.41, 5.74) is 0. The Morgan fingerprint density at radius 2 is 0.833 bits per heavy atom. The van der Waals surface area contributed by atoms with Gasteiger partial charge in [-0.25, -0.2) is 0 Å². The molecule has 0 bridgehead atoms. The molecule has 0 heterocycles. The zero-order chi connectivity index (χ0) is 18.2. The number of amides is 4. The summed E-state index contributed by atoms with van der Waals surface area (Å²) < 4.78 is 0. The maximum Gasteiger partial charge on any atom is 0.229 e. The highest BCUT2D eigenvalue weighted by molar-refractivity contribution is 5.97. The largest absolute Gasteiger partial charge is 0.356 e. The Bertz CT molecular complexity index is 375. The summed E-state index contributed by atoms with van der Waals surface area (Å²) in [6.07, 6.45) is 2.71. The Morgan fingerprint density at radius 3 is 1.12 bits per heavy atom. The zero-order valence-corrected chi connectivity index (χ0v) is 14.7. The fourth-order valence-electron chi connectivity index (χ4n) is 1.78. The summed E-state index contributed by atoms with van der Waals surface area (Å²) in [5, 5.41) is 10.6. The first-order chi connectivity index (χ1) is 11.5. The van der Waals surface area contributed by atoms with E-state index in [9.17, 15) is 19.2 Å². The summed E-state index contributed by atoms with van der Waals surface area (Å²) in [7, 11) is 0. The Morgan fingerprint density at radius 1 is 0.542 bits per heavy atom. The van der Waals surface area contributed by atoms with E-state index in [2.05, 4.69) is 21.3 Å². The maximum absolute atomic E-state index is 11.5. The highest BCUT2D eigenvalue weighted by Crippen LogP contribution is 1.88. The highest BCUT2D eigenvalue weighted by Gasteiger charge is 2.09. The molecule has 24 heavy (non-hydrogen) atoms. The van der Waals surface area contributed by atoms with Crippen LogP contribution in [0.4, 0.5) is 0 Å². The zero-order valence-electron chi connectivity index (χ0n) is 14.7. The van der Waals surface area contributed by atoms with Crippen LogP contribution < -0.4 is 21.3 Å². The predicted octanol–water partition coefficient (Wildman–Crippen LogP) is -0.168. The molecule has 4 N–H and O–H groups in total. The Balaban J connectivity index is 3.55. The van der Waals surface area contributed by atoms with E-state index in [0.29, 0.717) is 39.0 Å². The number of hydrogen-bond donors (Lipinski definition) is 4. The minimum atomic E-state index is -0.305. The maximum atomic E-state index is 11.5. The van der Waals surface area contributed by atoms with Crippen molar-refractivity contribution in [1.82, 2.24) is 21.3 Å². The third-order valence-electron chi connectivity index (χ3n) is 3.03. The van der Waals surface area contributed by atoms with Crippen LogP contribution >= 0.6 is 0 Å². The van der Waals surface area contributed by atoms with Crippen molar-refractivity contribution >= 4 is 23.6 Å². The molecule has 0 aromatic heterocycles. The number of unbranched alkanes of at least 4 members (excludes halogenated alkanes) is 1. The minimum absolute atomic E-state index is 0.163. The van der Waals surface area contributed by atoms with Crippen LogP contribution in [0, 0.1) is 0 Å². The average molecular weight is 342 g/mol. The van der Waals surface area contributed by atoms with Gasteiger partial charge in [-0.1, -0.05) is 13.8 Å². The lowest BCUT2D eigenvalue weighted by Crippen LogP contribution is -2.34. The molecule has 0 aliphatic heterocycles. The van der Waals surface area contributed by atoms with Crippen LogP contribution in [0.1, 0.15) is 52.4 Å². The molecule has 0 aromatic carbocycles. The monoisotopic (exact) mass is 342 g/mol. The first-order valence-electron chi connectivity index (χ1n) is 8.56. The first-order valence-corrected chi connectivity index (χ1v) is 8.56. The molecule has 0 saturated heterocycles. The number of nitrogens with one attached hydrogen (secondary N) is 4. The Labute approximate surface area is 143 Å². The molecule has 8 heteroatoms. The number of carbonyl (C=O) groups excluding carboxylic acids is 4. The van der Waals surface area contributed by atoms with Gasteiger partial charge in [-0.05, 0) is 25.7 Å².